The summed E-state index contributed by atoms with van der Waals surface area (Å²) in [4.78, 5) is 14.5. The summed E-state index contributed by atoms with van der Waals surface area (Å²) in [6.07, 6.45) is 0. The van der Waals surface area contributed by atoms with Crippen molar-refractivity contribution in [2.75, 3.05) is 15.9 Å². The zero-order chi connectivity index (χ0) is 17.6. The summed E-state index contributed by atoms with van der Waals surface area (Å²) in [5.74, 6) is -1.05. The molecule has 3 nitrogen and oxygen atoms in total. The molecule has 0 spiro atoms. The number of benzene rings is 2. The molecular formula is C18H12F2N2OS2. The molecule has 0 saturated carbocycles. The molecule has 0 fully saturated rings. The average Bonchev–Trinajstić information content (AvgIpc) is 3.04. The zero-order valence-electron chi connectivity index (χ0n) is 12.8. The summed E-state index contributed by atoms with van der Waals surface area (Å²) in [5, 5.41) is 2.51. The minimum absolute atomic E-state index is 0.196. The summed E-state index contributed by atoms with van der Waals surface area (Å²) < 4.78 is 28.8. The minimum atomic E-state index is -0.419. The lowest BCUT2D eigenvalue weighted by Crippen LogP contribution is -2.42. The van der Waals surface area contributed by atoms with E-state index in [2.05, 4.69) is 12.8 Å². The van der Waals surface area contributed by atoms with Gasteiger partial charge in [0.15, 0.2) is 0 Å². The number of hydrogen-bond acceptors (Lipinski definition) is 4. The Kier molecular flexibility index (Phi) is 3.97. The number of carbonyl (C=O) groups excluding carboxylic acids is 1. The van der Waals surface area contributed by atoms with Gasteiger partial charge in [0.1, 0.15) is 23.3 Å². The van der Waals surface area contributed by atoms with E-state index in [-0.39, 0.29) is 18.4 Å². The van der Waals surface area contributed by atoms with Gasteiger partial charge in [0.05, 0.1) is 5.56 Å². The molecule has 7 heteroatoms. The first-order valence-electron chi connectivity index (χ1n) is 7.46. The van der Waals surface area contributed by atoms with E-state index in [1.807, 2.05) is 5.38 Å². The van der Waals surface area contributed by atoms with Gasteiger partial charge in [0.2, 0.25) is 0 Å². The number of nitrogens with zero attached hydrogens (tertiary/aromatic N) is 2. The van der Waals surface area contributed by atoms with Gasteiger partial charge in [-0.05, 0) is 35.9 Å². The molecule has 2 heterocycles. The van der Waals surface area contributed by atoms with Crippen molar-refractivity contribution in [1.82, 2.24) is 0 Å². The summed E-state index contributed by atoms with van der Waals surface area (Å²) in [7, 11) is 0. The Labute approximate surface area is 152 Å². The summed E-state index contributed by atoms with van der Waals surface area (Å²) in [6, 6.07) is 11.9. The molecule has 2 aromatic carbocycles. The maximum atomic E-state index is 13.6. The van der Waals surface area contributed by atoms with Crippen molar-refractivity contribution in [3.63, 3.8) is 0 Å². The van der Waals surface area contributed by atoms with Crippen molar-refractivity contribution in [2.24, 2.45) is 0 Å². The molecular weight excluding hydrogens is 362 g/mol. The second kappa shape index (κ2) is 6.16. The molecule has 1 amide bonds. The van der Waals surface area contributed by atoms with Crippen LogP contribution in [0.1, 0.15) is 10.4 Å². The van der Waals surface area contributed by atoms with Crippen molar-refractivity contribution in [3.05, 3.63) is 71.1 Å². The molecule has 0 unspecified atom stereocenters. The number of anilines is 2. The van der Waals surface area contributed by atoms with Crippen LogP contribution in [0.3, 0.4) is 0 Å². The quantitative estimate of drug-likeness (QED) is 0.641. The van der Waals surface area contributed by atoms with Gasteiger partial charge in [-0.15, -0.1) is 11.3 Å². The Morgan fingerprint density at radius 2 is 1.76 bits per heavy atom. The maximum absolute atomic E-state index is 13.6. The molecule has 1 aliphatic heterocycles. The van der Waals surface area contributed by atoms with E-state index in [0.29, 0.717) is 27.4 Å². The Morgan fingerprint density at radius 3 is 2.48 bits per heavy atom. The molecule has 3 aromatic rings. The van der Waals surface area contributed by atoms with Crippen LogP contribution in [0.15, 0.2) is 53.9 Å². The van der Waals surface area contributed by atoms with E-state index >= 15 is 0 Å². The number of thiophene rings is 1. The van der Waals surface area contributed by atoms with Gasteiger partial charge < -0.3 is 0 Å². The largest absolute Gasteiger partial charge is 0.290 e. The molecule has 126 valence electrons. The SMILES string of the molecule is O=C1c2c(-c3cccc(F)c3)csc2N(S)CN1c1cccc(F)c1. The van der Waals surface area contributed by atoms with Crippen LogP contribution in [-0.4, -0.2) is 12.6 Å². The lowest BCUT2D eigenvalue weighted by atomic mass is 10.0. The van der Waals surface area contributed by atoms with Crippen molar-refractivity contribution in [2.45, 2.75) is 0 Å². The molecule has 0 bridgehead atoms. The van der Waals surface area contributed by atoms with Gasteiger partial charge >= 0.3 is 0 Å². The molecule has 4 rings (SSSR count). The van der Waals surface area contributed by atoms with E-state index in [1.165, 1.54) is 40.5 Å². The molecule has 25 heavy (non-hydrogen) atoms. The van der Waals surface area contributed by atoms with Crippen LogP contribution in [0.2, 0.25) is 0 Å². The third-order valence-electron chi connectivity index (χ3n) is 4.00. The van der Waals surface area contributed by atoms with E-state index < -0.39 is 5.82 Å². The average molecular weight is 374 g/mol. The van der Waals surface area contributed by atoms with Crippen LogP contribution in [0.5, 0.6) is 0 Å². The second-order valence-electron chi connectivity index (χ2n) is 5.59. The fourth-order valence-electron chi connectivity index (χ4n) is 2.85. The smallest absolute Gasteiger partial charge is 0.263 e. The first-order chi connectivity index (χ1) is 12.0. The van der Waals surface area contributed by atoms with E-state index in [0.717, 1.165) is 0 Å². The van der Waals surface area contributed by atoms with Gasteiger partial charge in [-0.2, -0.15) is 0 Å². The molecule has 0 aliphatic carbocycles. The van der Waals surface area contributed by atoms with Crippen LogP contribution in [0.25, 0.3) is 11.1 Å². The zero-order valence-corrected chi connectivity index (χ0v) is 14.5. The molecule has 1 aliphatic rings. The number of amides is 1. The first kappa shape index (κ1) is 16.1. The monoisotopic (exact) mass is 374 g/mol. The highest BCUT2D eigenvalue weighted by Crippen LogP contribution is 2.42. The van der Waals surface area contributed by atoms with Crippen molar-refractivity contribution in [3.8, 4) is 11.1 Å². The number of fused-ring (bicyclic) bond motifs is 1. The van der Waals surface area contributed by atoms with Crippen molar-refractivity contribution in [1.29, 1.82) is 0 Å². The Hall–Kier alpha value is -2.38. The summed E-state index contributed by atoms with van der Waals surface area (Å²) in [5.41, 5.74) is 2.16. The lowest BCUT2D eigenvalue weighted by molar-refractivity contribution is 0.0985. The number of thiol groups is 1. The van der Waals surface area contributed by atoms with Crippen LogP contribution in [0, 0.1) is 11.6 Å². The molecule has 0 atom stereocenters. The van der Waals surface area contributed by atoms with Gasteiger partial charge in [-0.25, -0.2) is 8.78 Å². The number of rotatable bonds is 2. The van der Waals surface area contributed by atoms with Crippen LogP contribution in [-0.2, 0) is 0 Å². The summed E-state index contributed by atoms with van der Waals surface area (Å²) in [6.45, 7) is 0.196. The first-order valence-corrected chi connectivity index (χ1v) is 8.74. The van der Waals surface area contributed by atoms with E-state index in [4.69, 9.17) is 0 Å². The lowest BCUT2D eigenvalue weighted by Gasteiger charge is -2.33. The summed E-state index contributed by atoms with van der Waals surface area (Å²) >= 11 is 5.82. The van der Waals surface area contributed by atoms with Crippen LogP contribution in [0.4, 0.5) is 19.5 Å². The third-order valence-corrected chi connectivity index (χ3v) is 5.46. The Bertz CT molecular complexity index is 973. The molecule has 1 aromatic heterocycles. The van der Waals surface area contributed by atoms with Gasteiger partial charge in [0, 0.05) is 16.6 Å². The topological polar surface area (TPSA) is 23.6 Å². The number of hydrogen-bond donors (Lipinski definition) is 1. The fraction of sp³-hybridized carbons (Fsp3) is 0.0556. The number of carbonyl (C=O) groups is 1. The standard InChI is InChI=1S/C18H12F2N2OS2/c19-12-4-1-3-11(7-12)15-9-25-18-16(15)17(23)21(10-22(18)24)14-6-2-5-13(20)8-14/h1-9,24H,10H2. The predicted molar refractivity (Wildman–Crippen MR) is 99.3 cm³/mol. The highest BCUT2D eigenvalue weighted by Gasteiger charge is 2.33. The van der Waals surface area contributed by atoms with E-state index in [9.17, 15) is 13.6 Å². The van der Waals surface area contributed by atoms with Gasteiger partial charge in [-0.1, -0.05) is 31.0 Å². The Morgan fingerprint density at radius 1 is 1.04 bits per heavy atom. The van der Waals surface area contributed by atoms with Gasteiger partial charge in [0.25, 0.3) is 5.91 Å². The third kappa shape index (κ3) is 2.79. The minimum Gasteiger partial charge on any atom is -0.290 e. The van der Waals surface area contributed by atoms with E-state index in [1.54, 1.807) is 28.6 Å². The van der Waals surface area contributed by atoms with Crippen LogP contribution >= 0.6 is 24.2 Å². The Balaban J connectivity index is 1.83. The highest BCUT2D eigenvalue weighted by molar-refractivity contribution is 7.82. The molecule has 0 N–H and O–H groups in total. The normalized spacial score (nSPS) is 14.0. The second-order valence-corrected chi connectivity index (χ2v) is 6.93. The molecule has 0 radical (unpaired) electrons. The highest BCUT2D eigenvalue weighted by atomic mass is 32.1. The van der Waals surface area contributed by atoms with Crippen molar-refractivity contribution < 1.29 is 13.6 Å². The number of halogens is 2. The van der Waals surface area contributed by atoms with Crippen LogP contribution < -0.4 is 9.21 Å². The van der Waals surface area contributed by atoms with Crippen molar-refractivity contribution >= 4 is 40.7 Å². The maximum Gasteiger partial charge on any atom is 0.263 e. The van der Waals surface area contributed by atoms with Gasteiger partial charge in [-0.3, -0.25) is 14.0 Å². The fourth-order valence-corrected chi connectivity index (χ4v) is 4.20. The predicted octanol–water partition coefficient (Wildman–Crippen LogP) is 4.96. The molecule has 0 saturated heterocycles.